The topological polar surface area (TPSA) is 55.4 Å². The van der Waals surface area contributed by atoms with Crippen LogP contribution in [0, 0.1) is 0 Å². The zero-order valence-corrected chi connectivity index (χ0v) is 5.29. The van der Waals surface area contributed by atoms with Crippen LogP contribution >= 0.6 is 0 Å². The Labute approximate surface area is 50.4 Å². The van der Waals surface area contributed by atoms with E-state index in [4.69, 9.17) is 0 Å². The first-order valence-electron chi connectivity index (χ1n) is 1.80. The van der Waals surface area contributed by atoms with Gasteiger partial charge >= 0.3 is 5.51 Å². The fourth-order valence-corrected chi connectivity index (χ4v) is 0.311. The van der Waals surface area contributed by atoms with Gasteiger partial charge in [-0.25, -0.2) is 13.7 Å². The van der Waals surface area contributed by atoms with E-state index in [2.05, 4.69) is 9.50 Å². The van der Waals surface area contributed by atoms with Crippen LogP contribution in [0.5, 0.6) is 0 Å². The molecule has 1 atom stereocenters. The lowest BCUT2D eigenvalue weighted by molar-refractivity contribution is -0.0403. The van der Waals surface area contributed by atoms with Crippen molar-refractivity contribution < 1.29 is 17.4 Å². The molecule has 0 heterocycles. The first-order chi connectivity index (χ1) is 3.81. The highest BCUT2D eigenvalue weighted by atomic mass is 32.2. The number of nitrogens with zero attached hydrogens (tertiary/aromatic N) is 1. The lowest BCUT2D eigenvalue weighted by Crippen LogP contribution is -2.30. The molecule has 3 nitrogen and oxygen atoms in total. The predicted octanol–water partition coefficient (Wildman–Crippen LogP) is 0.478. The summed E-state index contributed by atoms with van der Waals surface area (Å²) in [6, 6.07) is 0. The van der Waals surface area contributed by atoms with Crippen LogP contribution in [0.3, 0.4) is 0 Å². The Morgan fingerprint density at radius 1 is 1.56 bits per heavy atom. The summed E-state index contributed by atoms with van der Waals surface area (Å²) in [6.07, 6.45) is 0. The SMILES string of the molecule is CN=S(N)(=O)C(F)(F)F. The van der Waals surface area contributed by atoms with Gasteiger partial charge in [0.05, 0.1) is 0 Å². The Hall–Kier alpha value is -0.300. The minimum absolute atomic E-state index is 0.760. The highest BCUT2D eigenvalue weighted by Gasteiger charge is 2.39. The molecule has 2 N–H and O–H groups in total. The van der Waals surface area contributed by atoms with Gasteiger partial charge < -0.3 is 0 Å². The van der Waals surface area contributed by atoms with Crippen molar-refractivity contribution in [1.82, 2.24) is 0 Å². The quantitative estimate of drug-likeness (QED) is 0.553. The van der Waals surface area contributed by atoms with Crippen molar-refractivity contribution in [2.45, 2.75) is 5.51 Å². The summed E-state index contributed by atoms with van der Waals surface area (Å²) in [5.41, 5.74) is -4.91. The van der Waals surface area contributed by atoms with Gasteiger partial charge in [0.1, 0.15) is 0 Å². The molecule has 56 valence electrons. The molecule has 0 aliphatic rings. The minimum Gasteiger partial charge on any atom is -0.237 e. The van der Waals surface area contributed by atoms with Gasteiger partial charge in [0.15, 0.2) is 0 Å². The van der Waals surface area contributed by atoms with Crippen LogP contribution in [0.1, 0.15) is 0 Å². The van der Waals surface area contributed by atoms with E-state index < -0.39 is 15.4 Å². The van der Waals surface area contributed by atoms with Crippen LogP contribution in [0.2, 0.25) is 0 Å². The average molecular weight is 162 g/mol. The molecule has 0 aliphatic carbocycles. The fourth-order valence-electron chi connectivity index (χ4n) is 0.104. The van der Waals surface area contributed by atoms with E-state index in [1.165, 1.54) is 0 Å². The van der Waals surface area contributed by atoms with Crippen LogP contribution in [0.25, 0.3) is 0 Å². The first-order valence-corrected chi connectivity index (χ1v) is 3.38. The van der Waals surface area contributed by atoms with Crippen molar-refractivity contribution in [2.24, 2.45) is 9.50 Å². The number of hydrogen-bond acceptors (Lipinski definition) is 2. The molecule has 0 rings (SSSR count). The van der Waals surface area contributed by atoms with Gasteiger partial charge in [-0.05, 0) is 0 Å². The summed E-state index contributed by atoms with van der Waals surface area (Å²) in [4.78, 5) is 0. The second kappa shape index (κ2) is 2.14. The molecule has 0 saturated carbocycles. The van der Waals surface area contributed by atoms with Gasteiger partial charge in [0, 0.05) is 7.05 Å². The summed E-state index contributed by atoms with van der Waals surface area (Å²) in [7, 11) is -3.70. The van der Waals surface area contributed by atoms with E-state index in [-0.39, 0.29) is 0 Å². The standard InChI is InChI=1S/C2H5F3N2OS/c1-7-9(6,8)2(3,4)5/h1H3,(H2,6,7,8). The summed E-state index contributed by atoms with van der Waals surface area (Å²) < 4.78 is 46.6. The van der Waals surface area contributed by atoms with Crippen LogP contribution in [0.15, 0.2) is 4.36 Å². The number of halogens is 3. The van der Waals surface area contributed by atoms with Crippen molar-refractivity contribution in [3.63, 3.8) is 0 Å². The smallest absolute Gasteiger partial charge is 0.237 e. The summed E-state index contributed by atoms with van der Waals surface area (Å²) in [6.45, 7) is 0. The van der Waals surface area contributed by atoms with Gasteiger partial charge in [0.2, 0.25) is 9.92 Å². The number of hydrogen-bond donors (Lipinski definition) is 1. The molecule has 0 aromatic heterocycles. The fraction of sp³-hybridized carbons (Fsp3) is 1.00. The van der Waals surface area contributed by atoms with E-state index in [1.807, 2.05) is 0 Å². The Kier molecular flexibility index (Phi) is 2.07. The largest absolute Gasteiger partial charge is 0.492 e. The summed E-state index contributed by atoms with van der Waals surface area (Å²) >= 11 is 0. The van der Waals surface area contributed by atoms with Crippen molar-refractivity contribution in [3.05, 3.63) is 0 Å². The third-order valence-electron chi connectivity index (χ3n) is 0.603. The van der Waals surface area contributed by atoms with Crippen molar-refractivity contribution in [3.8, 4) is 0 Å². The van der Waals surface area contributed by atoms with Crippen molar-refractivity contribution in [1.29, 1.82) is 0 Å². The highest BCUT2D eigenvalue weighted by molar-refractivity contribution is 7.92. The molecule has 0 radical (unpaired) electrons. The van der Waals surface area contributed by atoms with Crippen LogP contribution in [-0.4, -0.2) is 16.8 Å². The Bertz CT molecular complexity index is 200. The maximum Gasteiger partial charge on any atom is 0.492 e. The van der Waals surface area contributed by atoms with Crippen LogP contribution in [0.4, 0.5) is 13.2 Å². The van der Waals surface area contributed by atoms with E-state index in [9.17, 15) is 17.4 Å². The molecule has 7 heteroatoms. The zero-order valence-electron chi connectivity index (χ0n) is 4.47. The molecule has 0 aromatic rings. The maximum atomic E-state index is 11.3. The van der Waals surface area contributed by atoms with Gasteiger partial charge in [-0.2, -0.15) is 13.2 Å². The normalized spacial score (nSPS) is 18.8. The number of nitrogens with two attached hydrogens (primary N) is 1. The molecule has 0 aliphatic heterocycles. The first kappa shape index (κ1) is 8.70. The van der Waals surface area contributed by atoms with E-state index in [0.29, 0.717) is 0 Å². The van der Waals surface area contributed by atoms with E-state index >= 15 is 0 Å². The molecule has 9 heavy (non-hydrogen) atoms. The molecule has 0 spiro atoms. The monoisotopic (exact) mass is 162 g/mol. The molecule has 0 amide bonds. The van der Waals surface area contributed by atoms with Crippen LogP contribution < -0.4 is 5.14 Å². The maximum absolute atomic E-state index is 11.3. The molecule has 1 unspecified atom stereocenters. The van der Waals surface area contributed by atoms with Crippen molar-refractivity contribution in [2.75, 3.05) is 7.05 Å². The van der Waals surface area contributed by atoms with Gasteiger partial charge in [-0.3, -0.25) is 0 Å². The molecule has 0 fully saturated rings. The van der Waals surface area contributed by atoms with Crippen LogP contribution in [-0.2, 0) is 9.92 Å². The molecule has 0 saturated heterocycles. The Morgan fingerprint density at radius 2 is 1.89 bits per heavy atom. The lowest BCUT2D eigenvalue weighted by atomic mass is 11.6. The van der Waals surface area contributed by atoms with Gasteiger partial charge in [-0.15, -0.1) is 0 Å². The summed E-state index contributed by atoms with van der Waals surface area (Å²) in [5, 5.41) is 4.23. The second-order valence-corrected chi connectivity index (χ2v) is 3.16. The zero-order chi connectivity index (χ0) is 7.71. The molecular weight excluding hydrogens is 157 g/mol. The van der Waals surface area contributed by atoms with Gasteiger partial charge in [-0.1, -0.05) is 0 Å². The van der Waals surface area contributed by atoms with E-state index in [0.717, 1.165) is 7.05 Å². The van der Waals surface area contributed by atoms with Gasteiger partial charge in [0.25, 0.3) is 0 Å². The third kappa shape index (κ3) is 1.83. The number of rotatable bonds is 0. The Morgan fingerprint density at radius 3 is 1.89 bits per heavy atom. The Balaban J connectivity index is 4.80. The van der Waals surface area contributed by atoms with E-state index in [1.54, 1.807) is 0 Å². The average Bonchev–Trinajstić information content (AvgIpc) is 1.64. The third-order valence-corrected chi connectivity index (χ3v) is 1.81. The number of alkyl halides is 3. The van der Waals surface area contributed by atoms with Crippen molar-refractivity contribution >= 4 is 9.92 Å². The molecular formula is C2H5F3N2OS. The predicted molar refractivity (Wildman–Crippen MR) is 26.7 cm³/mol. The lowest BCUT2D eigenvalue weighted by Gasteiger charge is -2.04. The molecule has 0 bridgehead atoms. The molecule has 0 aromatic carbocycles. The minimum atomic E-state index is -4.91. The second-order valence-electron chi connectivity index (χ2n) is 1.20. The highest BCUT2D eigenvalue weighted by Crippen LogP contribution is 2.21. The summed E-state index contributed by atoms with van der Waals surface area (Å²) in [5.74, 6) is 0.